The molecule has 17 heavy (non-hydrogen) atoms. The van der Waals surface area contributed by atoms with Crippen molar-refractivity contribution in [1.29, 1.82) is 5.41 Å². The first-order valence-electron chi connectivity index (χ1n) is 5.92. The fourth-order valence-corrected chi connectivity index (χ4v) is 2.07. The monoisotopic (exact) mass is 233 g/mol. The Balaban J connectivity index is 2.07. The van der Waals surface area contributed by atoms with Crippen molar-refractivity contribution in [3.05, 3.63) is 35.4 Å². The van der Waals surface area contributed by atoms with E-state index in [1.54, 1.807) is 0 Å². The number of nitrogens with one attached hydrogen (secondary N) is 1. The van der Waals surface area contributed by atoms with Crippen molar-refractivity contribution in [2.24, 2.45) is 5.73 Å². The number of nitrogen functional groups attached to an aromatic ring is 1. The molecule has 1 unspecified atom stereocenters. The predicted octanol–water partition coefficient (Wildman–Crippen LogP) is 1.19. The van der Waals surface area contributed by atoms with Crippen LogP contribution in [-0.2, 0) is 11.3 Å². The van der Waals surface area contributed by atoms with E-state index in [9.17, 15) is 0 Å². The summed E-state index contributed by atoms with van der Waals surface area (Å²) in [7, 11) is 0. The quantitative estimate of drug-likeness (QED) is 0.609. The van der Waals surface area contributed by atoms with E-state index in [1.807, 2.05) is 18.2 Å². The Morgan fingerprint density at radius 3 is 3.12 bits per heavy atom. The van der Waals surface area contributed by atoms with Gasteiger partial charge in [0, 0.05) is 24.7 Å². The minimum absolute atomic E-state index is 0.127. The molecule has 92 valence electrons. The minimum atomic E-state index is 0.127. The van der Waals surface area contributed by atoms with Crippen molar-refractivity contribution in [2.75, 3.05) is 19.8 Å². The van der Waals surface area contributed by atoms with Gasteiger partial charge in [0.15, 0.2) is 0 Å². The molecule has 1 heterocycles. The first kappa shape index (κ1) is 12.1. The highest BCUT2D eigenvalue weighted by Gasteiger charge is 2.18. The zero-order chi connectivity index (χ0) is 12.3. The average molecular weight is 233 g/mol. The van der Waals surface area contributed by atoms with Crippen molar-refractivity contribution in [2.45, 2.75) is 19.5 Å². The van der Waals surface area contributed by atoms with Crippen molar-refractivity contribution < 1.29 is 4.74 Å². The third kappa shape index (κ3) is 3.05. The maximum atomic E-state index is 7.44. The Kier molecular flexibility index (Phi) is 3.76. The molecule has 1 aliphatic rings. The molecular formula is C13H19N3O. The Morgan fingerprint density at radius 2 is 2.41 bits per heavy atom. The third-order valence-electron chi connectivity index (χ3n) is 3.13. The Hall–Kier alpha value is -1.39. The molecule has 0 aliphatic carbocycles. The molecule has 0 saturated carbocycles. The van der Waals surface area contributed by atoms with Gasteiger partial charge in [0.05, 0.1) is 13.2 Å². The van der Waals surface area contributed by atoms with Crippen LogP contribution in [-0.4, -0.2) is 36.5 Å². The van der Waals surface area contributed by atoms with Crippen LogP contribution in [0.1, 0.15) is 18.1 Å². The summed E-state index contributed by atoms with van der Waals surface area (Å²) in [5.74, 6) is 0.127. The SMILES string of the molecule is CC1COCCN1Cc1cccc(C(=N)N)c1. The van der Waals surface area contributed by atoms with Crippen molar-refractivity contribution in [1.82, 2.24) is 4.90 Å². The predicted molar refractivity (Wildman–Crippen MR) is 68.1 cm³/mol. The molecule has 1 atom stereocenters. The number of nitrogens with zero attached hydrogens (tertiary/aromatic N) is 1. The number of morpholine rings is 1. The molecule has 0 aromatic heterocycles. The highest BCUT2D eigenvalue weighted by Crippen LogP contribution is 2.13. The summed E-state index contributed by atoms with van der Waals surface area (Å²) in [6, 6.07) is 8.34. The zero-order valence-corrected chi connectivity index (χ0v) is 10.1. The van der Waals surface area contributed by atoms with Crippen LogP contribution < -0.4 is 5.73 Å². The number of hydrogen-bond acceptors (Lipinski definition) is 3. The molecule has 1 aromatic rings. The Morgan fingerprint density at radius 1 is 1.59 bits per heavy atom. The van der Waals surface area contributed by atoms with Crippen LogP contribution in [0.2, 0.25) is 0 Å². The summed E-state index contributed by atoms with van der Waals surface area (Å²) >= 11 is 0. The zero-order valence-electron chi connectivity index (χ0n) is 10.1. The van der Waals surface area contributed by atoms with Gasteiger partial charge in [-0.25, -0.2) is 0 Å². The summed E-state index contributed by atoms with van der Waals surface area (Å²) in [4.78, 5) is 2.39. The highest BCUT2D eigenvalue weighted by molar-refractivity contribution is 5.95. The van der Waals surface area contributed by atoms with Gasteiger partial charge in [-0.1, -0.05) is 18.2 Å². The van der Waals surface area contributed by atoms with E-state index < -0.39 is 0 Å². The van der Waals surface area contributed by atoms with Gasteiger partial charge in [-0.15, -0.1) is 0 Å². The summed E-state index contributed by atoms with van der Waals surface area (Å²) < 4.78 is 5.42. The molecule has 4 nitrogen and oxygen atoms in total. The second-order valence-electron chi connectivity index (χ2n) is 4.51. The number of amidine groups is 1. The largest absolute Gasteiger partial charge is 0.384 e. The van der Waals surface area contributed by atoms with Crippen LogP contribution in [0.25, 0.3) is 0 Å². The molecule has 3 N–H and O–H groups in total. The first-order chi connectivity index (χ1) is 8.16. The first-order valence-corrected chi connectivity index (χ1v) is 5.92. The van der Waals surface area contributed by atoms with Gasteiger partial charge in [0.2, 0.25) is 0 Å². The lowest BCUT2D eigenvalue weighted by molar-refractivity contribution is -0.00436. The summed E-state index contributed by atoms with van der Waals surface area (Å²) in [6.07, 6.45) is 0. The topological polar surface area (TPSA) is 62.3 Å². The van der Waals surface area contributed by atoms with Crippen molar-refractivity contribution in [3.8, 4) is 0 Å². The Labute approximate surface area is 102 Å². The van der Waals surface area contributed by atoms with E-state index in [4.69, 9.17) is 15.9 Å². The van der Waals surface area contributed by atoms with Crippen LogP contribution in [0.3, 0.4) is 0 Å². The van der Waals surface area contributed by atoms with Crippen LogP contribution in [0.4, 0.5) is 0 Å². The number of hydrogen-bond donors (Lipinski definition) is 2. The second-order valence-corrected chi connectivity index (χ2v) is 4.51. The molecule has 0 bridgehead atoms. The van der Waals surface area contributed by atoms with Gasteiger partial charge in [-0.2, -0.15) is 0 Å². The van der Waals surface area contributed by atoms with Crippen molar-refractivity contribution >= 4 is 5.84 Å². The molecule has 1 aliphatic heterocycles. The lowest BCUT2D eigenvalue weighted by Crippen LogP contribution is -2.42. The Bertz CT molecular complexity index is 405. The van der Waals surface area contributed by atoms with Gasteiger partial charge in [0.25, 0.3) is 0 Å². The van der Waals surface area contributed by atoms with E-state index in [-0.39, 0.29) is 5.84 Å². The summed E-state index contributed by atoms with van der Waals surface area (Å²) in [5.41, 5.74) is 7.49. The molecule has 1 aromatic carbocycles. The average Bonchev–Trinajstić information content (AvgIpc) is 2.32. The maximum absolute atomic E-state index is 7.44. The summed E-state index contributed by atoms with van der Waals surface area (Å²) in [6.45, 7) is 5.63. The van der Waals surface area contributed by atoms with Crippen LogP contribution in [0.5, 0.6) is 0 Å². The lowest BCUT2D eigenvalue weighted by Gasteiger charge is -2.33. The number of ether oxygens (including phenoxy) is 1. The summed E-state index contributed by atoms with van der Waals surface area (Å²) in [5, 5.41) is 7.44. The molecule has 1 fully saturated rings. The van der Waals surface area contributed by atoms with E-state index in [0.29, 0.717) is 6.04 Å². The van der Waals surface area contributed by atoms with Gasteiger partial charge in [0.1, 0.15) is 5.84 Å². The molecular weight excluding hydrogens is 214 g/mol. The van der Waals surface area contributed by atoms with Crippen LogP contribution in [0.15, 0.2) is 24.3 Å². The molecule has 4 heteroatoms. The molecule has 0 radical (unpaired) electrons. The fourth-order valence-electron chi connectivity index (χ4n) is 2.07. The van der Waals surface area contributed by atoms with Crippen molar-refractivity contribution in [3.63, 3.8) is 0 Å². The minimum Gasteiger partial charge on any atom is -0.384 e. The number of nitrogens with two attached hydrogens (primary N) is 1. The van der Waals surface area contributed by atoms with E-state index in [1.165, 1.54) is 5.56 Å². The smallest absolute Gasteiger partial charge is 0.122 e. The second kappa shape index (κ2) is 5.29. The highest BCUT2D eigenvalue weighted by atomic mass is 16.5. The molecule has 0 spiro atoms. The molecule has 0 amide bonds. The van der Waals surface area contributed by atoms with E-state index in [2.05, 4.69) is 17.9 Å². The fraction of sp³-hybridized carbons (Fsp3) is 0.462. The van der Waals surface area contributed by atoms with Gasteiger partial charge < -0.3 is 10.5 Å². The lowest BCUT2D eigenvalue weighted by atomic mass is 10.1. The standard InChI is InChI=1S/C13H19N3O/c1-10-9-17-6-5-16(10)8-11-3-2-4-12(7-11)13(14)15/h2-4,7,10H,5-6,8-9H2,1H3,(H3,14,15). The normalized spacial score (nSPS) is 21.4. The van der Waals surface area contributed by atoms with Crippen LogP contribution in [0, 0.1) is 5.41 Å². The molecule has 2 rings (SSSR count). The number of rotatable bonds is 3. The third-order valence-corrected chi connectivity index (χ3v) is 3.13. The van der Waals surface area contributed by atoms with Crippen LogP contribution >= 0.6 is 0 Å². The van der Waals surface area contributed by atoms with E-state index >= 15 is 0 Å². The van der Waals surface area contributed by atoms with Gasteiger partial charge in [-0.3, -0.25) is 10.3 Å². The molecule has 1 saturated heterocycles. The maximum Gasteiger partial charge on any atom is 0.122 e. The van der Waals surface area contributed by atoms with E-state index in [0.717, 1.165) is 31.9 Å². The van der Waals surface area contributed by atoms with Gasteiger partial charge >= 0.3 is 0 Å². The van der Waals surface area contributed by atoms with Gasteiger partial charge in [-0.05, 0) is 18.6 Å². The number of benzene rings is 1.